The Kier molecular flexibility index (Phi) is 10.7. The third kappa shape index (κ3) is 7.20. The van der Waals surface area contributed by atoms with E-state index in [1.807, 2.05) is 0 Å². The second kappa shape index (κ2) is 12.4. The Morgan fingerprint density at radius 2 is 1.77 bits per heavy atom. The molecule has 0 bridgehead atoms. The maximum absolute atomic E-state index is 12.7. The highest BCUT2D eigenvalue weighted by Gasteiger charge is 2.38. The van der Waals surface area contributed by atoms with Gasteiger partial charge >= 0.3 is 5.97 Å². The van der Waals surface area contributed by atoms with E-state index >= 15 is 0 Å². The van der Waals surface area contributed by atoms with Gasteiger partial charge in [-0.15, -0.1) is 0 Å². The van der Waals surface area contributed by atoms with Crippen LogP contribution in [0.3, 0.4) is 0 Å². The predicted molar refractivity (Wildman–Crippen MR) is 106 cm³/mol. The van der Waals surface area contributed by atoms with Gasteiger partial charge in [0.1, 0.15) is 24.2 Å². The number of hydrogen-bond acceptors (Lipinski definition) is 8. The zero-order chi connectivity index (χ0) is 22.8. The molecule has 3 amide bonds. The summed E-state index contributed by atoms with van der Waals surface area (Å²) >= 11 is 0. The Bertz CT molecular complexity index is 616. The van der Waals surface area contributed by atoms with Gasteiger partial charge in [-0.3, -0.25) is 14.4 Å². The number of rotatable bonds is 12. The maximum Gasteiger partial charge on any atom is 0.326 e. The van der Waals surface area contributed by atoms with Crippen molar-refractivity contribution in [1.82, 2.24) is 15.5 Å². The molecule has 1 aliphatic rings. The summed E-state index contributed by atoms with van der Waals surface area (Å²) in [5.74, 6) is -3.32. The molecule has 0 aromatic heterocycles. The number of carbonyl (C=O) groups excluding carboxylic acids is 3. The molecule has 1 heterocycles. The zero-order valence-corrected chi connectivity index (χ0v) is 17.1. The van der Waals surface area contributed by atoms with Gasteiger partial charge in [0.05, 0.1) is 12.7 Å². The van der Waals surface area contributed by atoms with Gasteiger partial charge in [0, 0.05) is 6.54 Å². The van der Waals surface area contributed by atoms with Crippen molar-refractivity contribution >= 4 is 23.7 Å². The molecular formula is C18H33N5O7. The van der Waals surface area contributed by atoms with E-state index in [1.165, 1.54) is 6.92 Å². The number of nitrogens with one attached hydrogen (secondary N) is 2. The number of carbonyl (C=O) groups is 4. The van der Waals surface area contributed by atoms with Crippen molar-refractivity contribution < 1.29 is 34.5 Å². The van der Waals surface area contributed by atoms with Crippen LogP contribution >= 0.6 is 0 Å². The first-order valence-electron chi connectivity index (χ1n) is 10.0. The standard InChI is InChI=1S/C18H33N5O7/c1-10(25)14(20)16(27)21-11(5-2-3-7-19)15(26)22-12(9-24)17(28)23-8-4-6-13(23)18(29)30/h10-14,24-25H,2-9,19-20H2,1H3,(H,21,27)(H,22,26)(H,29,30). The molecule has 12 nitrogen and oxygen atoms in total. The molecule has 0 aromatic rings. The van der Waals surface area contributed by atoms with Crippen LogP contribution in [0.1, 0.15) is 39.0 Å². The molecule has 172 valence electrons. The minimum absolute atomic E-state index is 0.203. The lowest BCUT2D eigenvalue weighted by molar-refractivity contribution is -0.150. The van der Waals surface area contributed by atoms with E-state index in [1.54, 1.807) is 0 Å². The van der Waals surface area contributed by atoms with Crippen molar-refractivity contribution in [2.24, 2.45) is 11.5 Å². The van der Waals surface area contributed by atoms with E-state index in [4.69, 9.17) is 11.5 Å². The maximum atomic E-state index is 12.7. The van der Waals surface area contributed by atoms with Crippen LogP contribution in [0.4, 0.5) is 0 Å². The first-order chi connectivity index (χ1) is 14.1. The van der Waals surface area contributed by atoms with Crippen LogP contribution in [0.25, 0.3) is 0 Å². The fraction of sp³-hybridized carbons (Fsp3) is 0.778. The number of aliphatic hydroxyl groups is 2. The molecule has 9 N–H and O–H groups in total. The zero-order valence-electron chi connectivity index (χ0n) is 17.1. The topological polar surface area (TPSA) is 208 Å². The number of unbranched alkanes of at least 4 members (excludes halogenated alkanes) is 1. The third-order valence-electron chi connectivity index (χ3n) is 5.02. The van der Waals surface area contributed by atoms with Crippen molar-refractivity contribution in [3.05, 3.63) is 0 Å². The van der Waals surface area contributed by atoms with Crippen molar-refractivity contribution in [2.45, 2.75) is 69.3 Å². The Morgan fingerprint density at radius 1 is 1.13 bits per heavy atom. The summed E-state index contributed by atoms with van der Waals surface area (Å²) < 4.78 is 0. The molecule has 0 spiro atoms. The molecule has 0 aliphatic carbocycles. The molecule has 5 unspecified atom stereocenters. The van der Waals surface area contributed by atoms with E-state index in [2.05, 4.69) is 10.6 Å². The van der Waals surface area contributed by atoms with Gasteiger partial charge in [-0.25, -0.2) is 4.79 Å². The summed E-state index contributed by atoms with van der Waals surface area (Å²) in [6.07, 6.45) is 0.969. The summed E-state index contributed by atoms with van der Waals surface area (Å²) in [7, 11) is 0. The quantitative estimate of drug-likeness (QED) is 0.155. The highest BCUT2D eigenvalue weighted by molar-refractivity contribution is 5.94. The molecule has 30 heavy (non-hydrogen) atoms. The number of carboxylic acids is 1. The molecule has 5 atom stereocenters. The number of amides is 3. The second-order valence-electron chi connectivity index (χ2n) is 7.38. The van der Waals surface area contributed by atoms with Crippen LogP contribution < -0.4 is 22.1 Å². The molecule has 0 radical (unpaired) electrons. The molecule has 0 saturated carbocycles. The largest absolute Gasteiger partial charge is 0.480 e. The third-order valence-corrected chi connectivity index (χ3v) is 5.02. The summed E-state index contributed by atoms with van der Waals surface area (Å²) in [6.45, 7) is 1.20. The Morgan fingerprint density at radius 3 is 2.30 bits per heavy atom. The summed E-state index contributed by atoms with van der Waals surface area (Å²) in [5.41, 5.74) is 11.1. The van der Waals surface area contributed by atoms with Gasteiger partial charge in [0.25, 0.3) is 0 Å². The number of hydrogen-bond donors (Lipinski definition) is 7. The van der Waals surface area contributed by atoms with Crippen molar-refractivity contribution in [1.29, 1.82) is 0 Å². The van der Waals surface area contributed by atoms with Crippen LogP contribution in [-0.4, -0.2) is 93.9 Å². The number of carboxylic acid groups (broad SMARTS) is 1. The first kappa shape index (κ1) is 25.8. The van der Waals surface area contributed by atoms with Gasteiger partial charge in [0.2, 0.25) is 17.7 Å². The monoisotopic (exact) mass is 431 g/mol. The van der Waals surface area contributed by atoms with E-state index in [9.17, 15) is 34.5 Å². The highest BCUT2D eigenvalue weighted by atomic mass is 16.4. The van der Waals surface area contributed by atoms with E-state index in [0.717, 1.165) is 4.90 Å². The summed E-state index contributed by atoms with van der Waals surface area (Å²) in [5, 5.41) is 33.1. The SMILES string of the molecule is CC(O)C(N)C(=O)NC(CCCCN)C(=O)NC(CO)C(=O)N1CCCC1C(=O)O. The Balaban J connectivity index is 2.86. The van der Waals surface area contributed by atoms with Crippen molar-refractivity contribution in [3.63, 3.8) is 0 Å². The van der Waals surface area contributed by atoms with Crippen LogP contribution in [0.5, 0.6) is 0 Å². The average molecular weight is 431 g/mol. The number of nitrogens with zero attached hydrogens (tertiary/aromatic N) is 1. The van der Waals surface area contributed by atoms with Gasteiger partial charge < -0.3 is 42.3 Å². The van der Waals surface area contributed by atoms with E-state index in [-0.39, 0.29) is 13.0 Å². The van der Waals surface area contributed by atoms with Gasteiger partial charge in [0.15, 0.2) is 0 Å². The highest BCUT2D eigenvalue weighted by Crippen LogP contribution is 2.18. The van der Waals surface area contributed by atoms with E-state index < -0.39 is 60.6 Å². The minimum atomic E-state index is -1.35. The fourth-order valence-corrected chi connectivity index (χ4v) is 3.19. The van der Waals surface area contributed by atoms with Gasteiger partial charge in [-0.2, -0.15) is 0 Å². The molecule has 1 fully saturated rings. The normalized spacial score (nSPS) is 20.2. The lowest BCUT2D eigenvalue weighted by Gasteiger charge is -2.28. The number of aliphatic carboxylic acids is 1. The molecule has 1 saturated heterocycles. The number of nitrogens with two attached hydrogens (primary N) is 2. The fourth-order valence-electron chi connectivity index (χ4n) is 3.19. The Labute approximate surface area is 175 Å². The molecule has 0 aromatic carbocycles. The Hall–Kier alpha value is -2.28. The summed E-state index contributed by atoms with van der Waals surface area (Å²) in [6, 6.07) is -4.67. The predicted octanol–water partition coefficient (Wildman–Crippen LogP) is -3.14. The number of likely N-dealkylation sites (tertiary alicyclic amines) is 1. The lowest BCUT2D eigenvalue weighted by Crippen LogP contribution is -2.58. The van der Waals surface area contributed by atoms with Crippen molar-refractivity contribution in [3.8, 4) is 0 Å². The first-order valence-corrected chi connectivity index (χ1v) is 10.0. The second-order valence-corrected chi connectivity index (χ2v) is 7.38. The molecule has 12 heteroatoms. The smallest absolute Gasteiger partial charge is 0.326 e. The van der Waals surface area contributed by atoms with Crippen LogP contribution in [0, 0.1) is 0 Å². The molecule has 1 aliphatic heterocycles. The van der Waals surface area contributed by atoms with E-state index in [0.29, 0.717) is 32.2 Å². The van der Waals surface area contributed by atoms with Gasteiger partial charge in [-0.1, -0.05) is 0 Å². The van der Waals surface area contributed by atoms with Crippen LogP contribution in [0.2, 0.25) is 0 Å². The average Bonchev–Trinajstić information content (AvgIpc) is 3.20. The lowest BCUT2D eigenvalue weighted by atomic mass is 10.1. The molecular weight excluding hydrogens is 398 g/mol. The number of aliphatic hydroxyl groups excluding tert-OH is 2. The van der Waals surface area contributed by atoms with Crippen molar-refractivity contribution in [2.75, 3.05) is 19.7 Å². The summed E-state index contributed by atoms with van der Waals surface area (Å²) in [4.78, 5) is 50.0. The van der Waals surface area contributed by atoms with Gasteiger partial charge in [-0.05, 0) is 45.6 Å². The minimum Gasteiger partial charge on any atom is -0.480 e. The van der Waals surface area contributed by atoms with Crippen LogP contribution in [-0.2, 0) is 19.2 Å². The molecule has 1 rings (SSSR count). The van der Waals surface area contributed by atoms with Crippen LogP contribution in [0.15, 0.2) is 0 Å².